The molecular formula is C12H8Cl3FN2O2S. The van der Waals surface area contributed by atoms with Gasteiger partial charge < -0.3 is 5.73 Å². The van der Waals surface area contributed by atoms with E-state index in [2.05, 4.69) is 4.72 Å². The molecule has 0 heterocycles. The van der Waals surface area contributed by atoms with Crippen LogP contribution in [-0.2, 0) is 10.0 Å². The normalized spacial score (nSPS) is 11.4. The van der Waals surface area contributed by atoms with Gasteiger partial charge in [0.15, 0.2) is 5.82 Å². The molecule has 0 radical (unpaired) electrons. The number of sulfonamides is 1. The predicted octanol–water partition coefficient (Wildman–Crippen LogP) is 4.17. The molecule has 0 aromatic heterocycles. The molecule has 3 N–H and O–H groups in total. The van der Waals surface area contributed by atoms with Crippen LogP contribution in [0.5, 0.6) is 0 Å². The van der Waals surface area contributed by atoms with Gasteiger partial charge in [-0.25, -0.2) is 12.8 Å². The molecule has 0 saturated carbocycles. The molecule has 2 aromatic rings. The molecule has 0 spiro atoms. The van der Waals surface area contributed by atoms with Gasteiger partial charge in [0.05, 0.1) is 21.4 Å². The number of nitrogen functional groups attached to an aromatic ring is 1. The largest absolute Gasteiger partial charge is 0.398 e. The van der Waals surface area contributed by atoms with Crippen molar-refractivity contribution in [3.63, 3.8) is 0 Å². The summed E-state index contributed by atoms with van der Waals surface area (Å²) in [5.74, 6) is -0.827. The maximum atomic E-state index is 13.3. The number of halogens is 4. The Morgan fingerprint density at radius 1 is 1.05 bits per heavy atom. The Morgan fingerprint density at radius 3 is 2.14 bits per heavy atom. The smallest absolute Gasteiger partial charge is 0.263 e. The molecule has 0 unspecified atom stereocenters. The molecule has 0 aliphatic heterocycles. The highest BCUT2D eigenvalue weighted by molar-refractivity contribution is 7.92. The highest BCUT2D eigenvalue weighted by atomic mass is 35.5. The standard InChI is InChI=1S/C12H8Cl3FN2O2S/c13-6-1-2-11(10(17)3-6)21(19,20)18-7-4-8(14)12(16)9(15)5-7/h1-5,18H,17H2. The Kier molecular flexibility index (Phi) is 4.53. The second-order valence-corrected chi connectivity index (χ2v) is 6.94. The van der Waals surface area contributed by atoms with Gasteiger partial charge in [-0.2, -0.15) is 0 Å². The van der Waals surface area contributed by atoms with Gasteiger partial charge in [0.2, 0.25) is 0 Å². The van der Waals surface area contributed by atoms with Crippen LogP contribution < -0.4 is 10.5 Å². The number of hydrogen-bond donors (Lipinski definition) is 2. The van der Waals surface area contributed by atoms with Crippen molar-refractivity contribution >= 4 is 56.2 Å². The molecule has 9 heteroatoms. The summed E-state index contributed by atoms with van der Waals surface area (Å²) in [6, 6.07) is 6.16. The SMILES string of the molecule is Nc1cc(Cl)ccc1S(=O)(=O)Nc1cc(Cl)c(F)c(Cl)c1. The zero-order valence-corrected chi connectivity index (χ0v) is 13.3. The van der Waals surface area contributed by atoms with Gasteiger partial charge in [-0.15, -0.1) is 0 Å². The van der Waals surface area contributed by atoms with Crippen molar-refractivity contribution in [3.05, 3.63) is 51.2 Å². The lowest BCUT2D eigenvalue weighted by atomic mass is 10.3. The van der Waals surface area contributed by atoms with Crippen LogP contribution in [-0.4, -0.2) is 8.42 Å². The molecular weight excluding hydrogens is 362 g/mol. The van der Waals surface area contributed by atoms with Gasteiger partial charge >= 0.3 is 0 Å². The summed E-state index contributed by atoms with van der Waals surface area (Å²) in [4.78, 5) is -0.163. The van der Waals surface area contributed by atoms with E-state index < -0.39 is 15.8 Å². The zero-order chi connectivity index (χ0) is 15.8. The molecule has 0 aliphatic rings. The molecule has 2 aromatic carbocycles. The van der Waals surface area contributed by atoms with Gasteiger partial charge in [0.1, 0.15) is 4.90 Å². The van der Waals surface area contributed by atoms with Crippen LogP contribution in [0.25, 0.3) is 0 Å². The topological polar surface area (TPSA) is 72.2 Å². The van der Waals surface area contributed by atoms with Crippen LogP contribution in [0.15, 0.2) is 35.2 Å². The van der Waals surface area contributed by atoms with Crippen molar-refractivity contribution in [2.45, 2.75) is 4.90 Å². The summed E-state index contributed by atoms with van der Waals surface area (Å²) in [5, 5.41) is -0.298. The second-order valence-electron chi connectivity index (χ2n) is 4.04. The number of nitrogens with one attached hydrogen (secondary N) is 1. The van der Waals surface area contributed by atoms with E-state index in [9.17, 15) is 12.8 Å². The minimum atomic E-state index is -3.98. The second kappa shape index (κ2) is 5.88. The van der Waals surface area contributed by atoms with Gasteiger partial charge in [-0.1, -0.05) is 34.8 Å². The van der Waals surface area contributed by atoms with E-state index in [1.54, 1.807) is 0 Å². The fourth-order valence-corrected chi connectivity index (χ4v) is 3.41. The van der Waals surface area contributed by atoms with Crippen molar-refractivity contribution in [1.29, 1.82) is 0 Å². The molecule has 0 amide bonds. The number of rotatable bonds is 3. The first kappa shape index (κ1) is 16.2. The van der Waals surface area contributed by atoms with Crippen LogP contribution in [0.4, 0.5) is 15.8 Å². The summed E-state index contributed by atoms with van der Waals surface area (Å²) in [7, 11) is -3.98. The molecule has 4 nitrogen and oxygen atoms in total. The first-order valence-electron chi connectivity index (χ1n) is 5.43. The maximum absolute atomic E-state index is 13.3. The van der Waals surface area contributed by atoms with E-state index in [1.165, 1.54) is 18.2 Å². The highest BCUT2D eigenvalue weighted by Crippen LogP contribution is 2.30. The van der Waals surface area contributed by atoms with Gasteiger partial charge in [0, 0.05) is 5.02 Å². The van der Waals surface area contributed by atoms with E-state index in [1.807, 2.05) is 0 Å². The third kappa shape index (κ3) is 3.52. The molecule has 0 bridgehead atoms. The van der Waals surface area contributed by atoms with Crippen molar-refractivity contribution in [2.75, 3.05) is 10.5 Å². The Hall–Kier alpha value is -1.21. The Labute approximate surface area is 135 Å². The Morgan fingerprint density at radius 2 is 1.62 bits per heavy atom. The third-order valence-corrected chi connectivity index (χ3v) is 4.74. The van der Waals surface area contributed by atoms with E-state index >= 15 is 0 Å². The van der Waals surface area contributed by atoms with Crippen LogP contribution in [0.1, 0.15) is 0 Å². The number of benzene rings is 2. The molecule has 21 heavy (non-hydrogen) atoms. The Bertz CT molecular complexity index is 789. The lowest BCUT2D eigenvalue weighted by molar-refractivity contribution is 0.601. The van der Waals surface area contributed by atoms with Gasteiger partial charge in [-0.3, -0.25) is 4.72 Å². The van der Waals surface area contributed by atoms with Crippen molar-refractivity contribution in [2.24, 2.45) is 0 Å². The first-order valence-corrected chi connectivity index (χ1v) is 8.05. The van der Waals surface area contributed by atoms with Crippen molar-refractivity contribution in [1.82, 2.24) is 0 Å². The average molecular weight is 370 g/mol. The molecule has 0 aliphatic carbocycles. The van der Waals surface area contributed by atoms with E-state index in [0.717, 1.165) is 12.1 Å². The van der Waals surface area contributed by atoms with Gasteiger partial charge in [-0.05, 0) is 30.3 Å². The summed E-state index contributed by atoms with van der Waals surface area (Å²) in [6.07, 6.45) is 0. The minimum Gasteiger partial charge on any atom is -0.398 e. The quantitative estimate of drug-likeness (QED) is 0.630. The molecule has 0 fully saturated rings. The number of hydrogen-bond acceptors (Lipinski definition) is 3. The fourth-order valence-electron chi connectivity index (χ4n) is 1.59. The average Bonchev–Trinajstić information content (AvgIpc) is 2.34. The van der Waals surface area contributed by atoms with Gasteiger partial charge in [0.25, 0.3) is 10.0 Å². The maximum Gasteiger partial charge on any atom is 0.263 e. The molecule has 0 atom stereocenters. The van der Waals surface area contributed by atoms with Crippen LogP contribution in [0.2, 0.25) is 15.1 Å². The van der Waals surface area contributed by atoms with Crippen molar-refractivity contribution in [3.8, 4) is 0 Å². The van der Waals surface area contributed by atoms with E-state index in [4.69, 9.17) is 40.5 Å². The molecule has 0 saturated heterocycles. The summed E-state index contributed by atoms with van der Waals surface area (Å²) >= 11 is 16.9. The monoisotopic (exact) mass is 368 g/mol. The third-order valence-electron chi connectivity index (χ3n) is 2.50. The van der Waals surface area contributed by atoms with Crippen molar-refractivity contribution < 1.29 is 12.8 Å². The van der Waals surface area contributed by atoms with Crippen LogP contribution in [0, 0.1) is 5.82 Å². The lowest BCUT2D eigenvalue weighted by Crippen LogP contribution is -2.15. The molecule has 2 rings (SSSR count). The van der Waals surface area contributed by atoms with Crippen LogP contribution >= 0.6 is 34.8 Å². The Balaban J connectivity index is 2.42. The summed E-state index contributed by atoms with van der Waals surface area (Å²) < 4.78 is 40.0. The lowest BCUT2D eigenvalue weighted by Gasteiger charge is -2.11. The zero-order valence-electron chi connectivity index (χ0n) is 10.2. The summed E-state index contributed by atoms with van der Waals surface area (Å²) in [5.41, 5.74) is 5.62. The molecule has 112 valence electrons. The van der Waals surface area contributed by atoms with E-state index in [-0.39, 0.29) is 26.3 Å². The number of nitrogens with two attached hydrogens (primary N) is 1. The minimum absolute atomic E-state index is 0.0146. The predicted molar refractivity (Wildman–Crippen MR) is 83.1 cm³/mol. The number of anilines is 2. The fraction of sp³-hybridized carbons (Fsp3) is 0. The summed E-state index contributed by atoms with van der Waals surface area (Å²) in [6.45, 7) is 0. The van der Waals surface area contributed by atoms with Crippen LogP contribution in [0.3, 0.4) is 0 Å². The van der Waals surface area contributed by atoms with E-state index in [0.29, 0.717) is 5.02 Å². The first-order chi connectivity index (χ1) is 9.70. The highest BCUT2D eigenvalue weighted by Gasteiger charge is 2.19.